The zero-order chi connectivity index (χ0) is 18.8. The number of hydrogen-bond donors (Lipinski definition) is 1. The van der Waals surface area contributed by atoms with Crippen molar-refractivity contribution in [2.75, 3.05) is 0 Å². The van der Waals surface area contributed by atoms with Gasteiger partial charge in [-0.2, -0.15) is 13.2 Å². The van der Waals surface area contributed by atoms with Gasteiger partial charge in [-0.15, -0.1) is 0 Å². The minimum Gasteiger partial charge on any atom is -0.345 e. The van der Waals surface area contributed by atoms with E-state index >= 15 is 0 Å². The van der Waals surface area contributed by atoms with Crippen molar-refractivity contribution in [1.29, 1.82) is 0 Å². The van der Waals surface area contributed by atoms with E-state index in [0.717, 1.165) is 18.2 Å². The molecule has 0 spiro atoms. The summed E-state index contributed by atoms with van der Waals surface area (Å²) < 4.78 is 37.7. The van der Waals surface area contributed by atoms with Gasteiger partial charge in [0.25, 0.3) is 11.6 Å². The molecule has 0 aliphatic heterocycles. The van der Waals surface area contributed by atoms with Crippen LogP contribution < -0.4 is 5.32 Å². The SMILES string of the molecule is CC(NC(=O)c1ccc(Cl)cc1[N+](=O)[O-])c1ccc(C(F)(F)F)cc1. The fourth-order valence-corrected chi connectivity index (χ4v) is 2.33. The summed E-state index contributed by atoms with van der Waals surface area (Å²) in [5.41, 5.74) is -1.01. The van der Waals surface area contributed by atoms with Crippen molar-refractivity contribution in [1.82, 2.24) is 5.32 Å². The van der Waals surface area contributed by atoms with Gasteiger partial charge in [-0.1, -0.05) is 23.7 Å². The van der Waals surface area contributed by atoms with Crippen molar-refractivity contribution in [2.24, 2.45) is 0 Å². The maximum atomic E-state index is 12.6. The molecule has 0 heterocycles. The van der Waals surface area contributed by atoms with Gasteiger partial charge < -0.3 is 5.32 Å². The number of nitro groups is 1. The first kappa shape index (κ1) is 18.7. The summed E-state index contributed by atoms with van der Waals surface area (Å²) >= 11 is 5.69. The Hall–Kier alpha value is -2.61. The average Bonchev–Trinajstić information content (AvgIpc) is 2.53. The zero-order valence-corrected chi connectivity index (χ0v) is 13.6. The van der Waals surface area contributed by atoms with Gasteiger partial charge in [-0.3, -0.25) is 14.9 Å². The van der Waals surface area contributed by atoms with E-state index in [0.29, 0.717) is 5.56 Å². The highest BCUT2D eigenvalue weighted by molar-refractivity contribution is 6.31. The first-order valence-electron chi connectivity index (χ1n) is 7.01. The molecule has 0 saturated heterocycles. The van der Waals surface area contributed by atoms with Crippen LogP contribution in [0.15, 0.2) is 42.5 Å². The molecular weight excluding hydrogens is 361 g/mol. The molecule has 9 heteroatoms. The average molecular weight is 373 g/mol. The van der Waals surface area contributed by atoms with E-state index in [1.54, 1.807) is 6.92 Å². The Balaban J connectivity index is 2.19. The van der Waals surface area contributed by atoms with Crippen LogP contribution in [-0.4, -0.2) is 10.8 Å². The number of halogens is 4. The molecular formula is C16H12ClF3N2O3. The van der Waals surface area contributed by atoms with E-state index in [9.17, 15) is 28.1 Å². The van der Waals surface area contributed by atoms with Gasteiger partial charge in [0.1, 0.15) is 5.56 Å². The Morgan fingerprint density at radius 2 is 1.80 bits per heavy atom. The predicted molar refractivity (Wildman–Crippen MR) is 85.4 cm³/mol. The quantitative estimate of drug-likeness (QED) is 0.621. The second kappa shape index (κ2) is 7.10. The molecule has 1 atom stereocenters. The molecule has 0 saturated carbocycles. The lowest BCUT2D eigenvalue weighted by atomic mass is 10.0. The summed E-state index contributed by atoms with van der Waals surface area (Å²) in [6.45, 7) is 1.56. The minimum atomic E-state index is -4.45. The third kappa shape index (κ3) is 4.48. The van der Waals surface area contributed by atoms with Crippen molar-refractivity contribution < 1.29 is 22.9 Å². The number of nitro benzene ring substituents is 1. The standard InChI is InChI=1S/C16H12ClF3N2O3/c1-9(10-2-4-11(5-3-10)16(18,19)20)21-15(23)13-7-6-12(17)8-14(13)22(24)25/h2-9H,1H3,(H,21,23). The lowest BCUT2D eigenvalue weighted by Crippen LogP contribution is -2.27. The normalized spacial score (nSPS) is 12.5. The van der Waals surface area contributed by atoms with Crippen LogP contribution in [0.1, 0.15) is 34.5 Å². The number of nitrogens with one attached hydrogen (secondary N) is 1. The first-order chi connectivity index (χ1) is 11.6. The summed E-state index contributed by atoms with van der Waals surface area (Å²) in [5, 5.41) is 13.7. The van der Waals surface area contributed by atoms with Crippen LogP contribution >= 0.6 is 11.6 Å². The number of carbonyl (C=O) groups is 1. The van der Waals surface area contributed by atoms with E-state index < -0.39 is 34.3 Å². The van der Waals surface area contributed by atoms with Crippen LogP contribution in [0, 0.1) is 10.1 Å². The zero-order valence-electron chi connectivity index (χ0n) is 12.8. The van der Waals surface area contributed by atoms with Crippen LogP contribution in [0.5, 0.6) is 0 Å². The number of hydrogen-bond acceptors (Lipinski definition) is 3. The van der Waals surface area contributed by atoms with Crippen molar-refractivity contribution >= 4 is 23.2 Å². The number of benzene rings is 2. The topological polar surface area (TPSA) is 72.2 Å². The van der Waals surface area contributed by atoms with E-state index in [1.165, 1.54) is 24.3 Å². The molecule has 5 nitrogen and oxygen atoms in total. The van der Waals surface area contributed by atoms with E-state index in [1.807, 2.05) is 0 Å². The van der Waals surface area contributed by atoms with Crippen molar-refractivity contribution in [3.8, 4) is 0 Å². The minimum absolute atomic E-state index is 0.110. The lowest BCUT2D eigenvalue weighted by molar-refractivity contribution is -0.385. The molecule has 25 heavy (non-hydrogen) atoms. The predicted octanol–water partition coefficient (Wildman–Crippen LogP) is 4.76. The largest absolute Gasteiger partial charge is 0.416 e. The molecule has 2 aromatic rings. The van der Waals surface area contributed by atoms with Crippen LogP contribution in [0.4, 0.5) is 18.9 Å². The Morgan fingerprint density at radius 3 is 2.32 bits per heavy atom. The molecule has 0 aromatic heterocycles. The molecule has 0 fully saturated rings. The van der Waals surface area contributed by atoms with Gasteiger partial charge in [0, 0.05) is 11.1 Å². The Morgan fingerprint density at radius 1 is 1.20 bits per heavy atom. The highest BCUT2D eigenvalue weighted by Crippen LogP contribution is 2.30. The third-order valence-corrected chi connectivity index (χ3v) is 3.72. The Bertz CT molecular complexity index is 807. The van der Waals surface area contributed by atoms with Gasteiger partial charge in [0.2, 0.25) is 0 Å². The number of rotatable bonds is 4. The first-order valence-corrected chi connectivity index (χ1v) is 7.39. The highest BCUT2D eigenvalue weighted by atomic mass is 35.5. The molecule has 1 N–H and O–H groups in total. The molecule has 0 aliphatic rings. The second-order valence-corrected chi connectivity index (χ2v) is 5.67. The van der Waals surface area contributed by atoms with E-state index in [2.05, 4.69) is 5.32 Å². The molecule has 0 bridgehead atoms. The van der Waals surface area contributed by atoms with Crippen molar-refractivity contribution in [3.05, 3.63) is 74.3 Å². The lowest BCUT2D eigenvalue weighted by Gasteiger charge is -2.15. The van der Waals surface area contributed by atoms with Crippen molar-refractivity contribution in [3.63, 3.8) is 0 Å². The molecule has 2 rings (SSSR count). The molecule has 0 aliphatic carbocycles. The highest BCUT2D eigenvalue weighted by Gasteiger charge is 2.30. The Kier molecular flexibility index (Phi) is 5.32. The van der Waals surface area contributed by atoms with E-state index in [4.69, 9.17) is 11.6 Å². The summed E-state index contributed by atoms with van der Waals surface area (Å²) in [5.74, 6) is -0.726. The van der Waals surface area contributed by atoms with Gasteiger partial charge in [-0.05, 0) is 36.8 Å². The van der Waals surface area contributed by atoms with E-state index in [-0.39, 0.29) is 10.6 Å². The third-order valence-electron chi connectivity index (χ3n) is 3.49. The second-order valence-electron chi connectivity index (χ2n) is 5.23. The molecule has 0 radical (unpaired) electrons. The summed E-state index contributed by atoms with van der Waals surface area (Å²) in [6, 6.07) is 7.26. The summed E-state index contributed by atoms with van der Waals surface area (Å²) in [4.78, 5) is 22.5. The fourth-order valence-electron chi connectivity index (χ4n) is 2.17. The number of amides is 1. The van der Waals surface area contributed by atoms with Gasteiger partial charge in [0.05, 0.1) is 16.5 Å². The molecule has 1 amide bonds. The van der Waals surface area contributed by atoms with Gasteiger partial charge >= 0.3 is 6.18 Å². The maximum absolute atomic E-state index is 12.6. The number of alkyl halides is 3. The van der Waals surface area contributed by atoms with Crippen molar-refractivity contribution in [2.45, 2.75) is 19.1 Å². The summed E-state index contributed by atoms with van der Waals surface area (Å²) in [7, 11) is 0. The molecule has 2 aromatic carbocycles. The molecule has 132 valence electrons. The van der Waals surface area contributed by atoms with Crippen LogP contribution in [0.2, 0.25) is 5.02 Å². The van der Waals surface area contributed by atoms with Crippen LogP contribution in [0.25, 0.3) is 0 Å². The maximum Gasteiger partial charge on any atom is 0.416 e. The monoisotopic (exact) mass is 372 g/mol. The van der Waals surface area contributed by atoms with Crippen LogP contribution in [-0.2, 0) is 6.18 Å². The van der Waals surface area contributed by atoms with Gasteiger partial charge in [-0.25, -0.2) is 0 Å². The van der Waals surface area contributed by atoms with Gasteiger partial charge in [0.15, 0.2) is 0 Å². The fraction of sp³-hybridized carbons (Fsp3) is 0.188. The molecule has 1 unspecified atom stereocenters. The number of carbonyl (C=O) groups excluding carboxylic acids is 1. The number of nitrogens with zero attached hydrogens (tertiary/aromatic N) is 1. The summed E-state index contributed by atoms with van der Waals surface area (Å²) in [6.07, 6.45) is -4.45. The smallest absolute Gasteiger partial charge is 0.345 e. The van der Waals surface area contributed by atoms with Crippen LogP contribution in [0.3, 0.4) is 0 Å². The Labute approximate surface area is 145 Å².